The number of ketones is 1. The van der Waals surface area contributed by atoms with E-state index in [2.05, 4.69) is 31.9 Å². The van der Waals surface area contributed by atoms with Gasteiger partial charge in [0.15, 0.2) is 11.6 Å². The van der Waals surface area contributed by atoms with Crippen molar-refractivity contribution in [3.63, 3.8) is 0 Å². The molecule has 0 aromatic heterocycles. The highest BCUT2D eigenvalue weighted by molar-refractivity contribution is 9.25. The van der Waals surface area contributed by atoms with Crippen LogP contribution in [-0.4, -0.2) is 16.3 Å². The van der Waals surface area contributed by atoms with E-state index >= 15 is 0 Å². The zero-order chi connectivity index (χ0) is 11.6. The second kappa shape index (κ2) is 4.67. The number of benzene rings is 1. The molecule has 0 aliphatic heterocycles. The lowest BCUT2D eigenvalue weighted by Crippen LogP contribution is -2.27. The minimum absolute atomic E-state index is 0.00417. The molecule has 0 amide bonds. The van der Waals surface area contributed by atoms with Crippen LogP contribution >= 0.6 is 31.9 Å². The van der Waals surface area contributed by atoms with Crippen LogP contribution in [0.1, 0.15) is 10.4 Å². The van der Waals surface area contributed by atoms with Gasteiger partial charge in [-0.1, -0.05) is 0 Å². The van der Waals surface area contributed by atoms with E-state index in [1.807, 2.05) is 0 Å². The highest BCUT2D eigenvalue weighted by atomic mass is 79.9. The first-order valence-corrected chi connectivity index (χ1v) is 5.40. The molecule has 1 aromatic carbocycles. The van der Waals surface area contributed by atoms with Gasteiger partial charge in [0.2, 0.25) is 9.20 Å². The Morgan fingerprint density at radius 3 is 2.40 bits per heavy atom. The van der Waals surface area contributed by atoms with Crippen molar-refractivity contribution in [1.82, 2.24) is 0 Å². The molecule has 0 atom stereocenters. The van der Waals surface area contributed by atoms with Gasteiger partial charge >= 0.3 is 0 Å². The molecule has 0 radical (unpaired) electrons. The Bertz CT molecular complexity index is 394. The van der Waals surface area contributed by atoms with E-state index in [1.165, 1.54) is 13.2 Å². The monoisotopic (exact) mass is 342 g/mol. The minimum atomic E-state index is -1.41. The first-order chi connectivity index (χ1) is 6.88. The molecule has 15 heavy (non-hydrogen) atoms. The van der Waals surface area contributed by atoms with Crippen molar-refractivity contribution >= 4 is 37.6 Å². The lowest BCUT2D eigenvalue weighted by Gasteiger charge is -2.16. The maximum Gasteiger partial charge on any atom is 0.241 e. The second-order valence-electron chi connectivity index (χ2n) is 2.68. The van der Waals surface area contributed by atoms with Gasteiger partial charge < -0.3 is 4.74 Å². The quantitative estimate of drug-likeness (QED) is 0.622. The fourth-order valence-corrected chi connectivity index (χ4v) is 1.36. The molecule has 0 saturated heterocycles. The first kappa shape index (κ1) is 12.7. The molecular formula is C9H6Br2F2O2. The van der Waals surface area contributed by atoms with Crippen LogP contribution in [0.5, 0.6) is 0 Å². The van der Waals surface area contributed by atoms with Crippen molar-refractivity contribution < 1.29 is 18.3 Å². The summed E-state index contributed by atoms with van der Waals surface area (Å²) in [6.07, 6.45) is 0. The molecule has 6 heteroatoms. The van der Waals surface area contributed by atoms with Gasteiger partial charge in [-0.3, -0.25) is 4.79 Å². The number of Topliss-reactive ketones (excluding diaryl/α,β-unsaturated/α-hetero) is 1. The summed E-state index contributed by atoms with van der Waals surface area (Å²) in [5, 5.41) is 0. The lowest BCUT2D eigenvalue weighted by molar-refractivity contribution is 0.0758. The Morgan fingerprint density at radius 2 is 1.93 bits per heavy atom. The second-order valence-corrected chi connectivity index (χ2v) is 5.98. The number of carbonyl (C=O) groups excluding carboxylic acids is 1. The SMILES string of the molecule is COC(Br)(Br)C(=O)c1ccc(F)c(F)c1. The lowest BCUT2D eigenvalue weighted by atomic mass is 10.1. The number of halogens is 4. The van der Waals surface area contributed by atoms with E-state index in [0.29, 0.717) is 0 Å². The van der Waals surface area contributed by atoms with Crippen molar-refractivity contribution in [2.45, 2.75) is 3.42 Å². The van der Waals surface area contributed by atoms with Gasteiger partial charge in [-0.05, 0) is 50.1 Å². The zero-order valence-corrected chi connectivity index (χ0v) is 10.7. The highest BCUT2D eigenvalue weighted by Crippen LogP contribution is 2.31. The van der Waals surface area contributed by atoms with Crippen LogP contribution in [0.3, 0.4) is 0 Å². The highest BCUT2D eigenvalue weighted by Gasteiger charge is 2.33. The van der Waals surface area contributed by atoms with Gasteiger partial charge in [-0.2, -0.15) is 0 Å². The normalized spacial score (nSPS) is 11.5. The molecule has 0 fully saturated rings. The molecular weight excluding hydrogens is 338 g/mol. The third-order valence-electron chi connectivity index (χ3n) is 1.70. The third kappa shape index (κ3) is 2.83. The van der Waals surface area contributed by atoms with Crippen LogP contribution in [0, 0.1) is 11.6 Å². The molecule has 2 nitrogen and oxygen atoms in total. The average Bonchev–Trinajstić information content (AvgIpc) is 2.21. The summed E-state index contributed by atoms with van der Waals surface area (Å²) < 4.78 is 28.8. The number of alkyl halides is 2. The number of hydrogen-bond acceptors (Lipinski definition) is 2. The molecule has 0 unspecified atom stereocenters. The molecule has 0 aliphatic carbocycles. The molecule has 0 spiro atoms. The molecule has 82 valence electrons. The van der Waals surface area contributed by atoms with Gasteiger partial charge in [-0.15, -0.1) is 0 Å². The summed E-state index contributed by atoms with van der Waals surface area (Å²) in [5.41, 5.74) is 0.00417. The maximum absolute atomic E-state index is 12.8. The van der Waals surface area contributed by atoms with E-state index < -0.39 is 20.8 Å². The summed E-state index contributed by atoms with van der Waals surface area (Å²) >= 11 is 5.91. The van der Waals surface area contributed by atoms with Crippen molar-refractivity contribution in [3.05, 3.63) is 35.4 Å². The van der Waals surface area contributed by atoms with Crippen LogP contribution < -0.4 is 0 Å². The fraction of sp³-hybridized carbons (Fsp3) is 0.222. The van der Waals surface area contributed by atoms with Gasteiger partial charge in [-0.25, -0.2) is 8.78 Å². The Balaban J connectivity index is 3.08. The predicted molar refractivity (Wildman–Crippen MR) is 58.3 cm³/mol. The van der Waals surface area contributed by atoms with Gasteiger partial charge in [0.05, 0.1) is 0 Å². The van der Waals surface area contributed by atoms with E-state index in [9.17, 15) is 13.6 Å². The van der Waals surface area contributed by atoms with Crippen molar-refractivity contribution in [2.75, 3.05) is 7.11 Å². The minimum Gasteiger partial charge on any atom is -0.351 e. The van der Waals surface area contributed by atoms with Crippen molar-refractivity contribution in [1.29, 1.82) is 0 Å². The largest absolute Gasteiger partial charge is 0.351 e. The van der Waals surface area contributed by atoms with Crippen LogP contribution in [0.4, 0.5) is 8.78 Å². The average molecular weight is 344 g/mol. The van der Waals surface area contributed by atoms with E-state index in [4.69, 9.17) is 4.74 Å². The summed E-state index contributed by atoms with van der Waals surface area (Å²) in [7, 11) is 1.29. The summed E-state index contributed by atoms with van der Waals surface area (Å²) in [5.74, 6) is -2.63. The van der Waals surface area contributed by atoms with E-state index in [1.54, 1.807) is 0 Å². The van der Waals surface area contributed by atoms with Crippen molar-refractivity contribution in [2.24, 2.45) is 0 Å². The van der Waals surface area contributed by atoms with E-state index in [-0.39, 0.29) is 5.56 Å². The Morgan fingerprint density at radius 1 is 1.33 bits per heavy atom. The summed E-state index contributed by atoms with van der Waals surface area (Å²) in [6.45, 7) is 0. The third-order valence-corrected chi connectivity index (χ3v) is 3.07. The first-order valence-electron chi connectivity index (χ1n) is 3.81. The van der Waals surface area contributed by atoms with Crippen LogP contribution in [0.25, 0.3) is 0 Å². The summed E-state index contributed by atoms with van der Waals surface area (Å²) in [6, 6.07) is 2.87. The molecule has 0 aliphatic rings. The number of methoxy groups -OCH3 is 1. The van der Waals surface area contributed by atoms with Crippen molar-refractivity contribution in [3.8, 4) is 0 Å². The predicted octanol–water partition coefficient (Wildman–Crippen LogP) is 3.24. The maximum atomic E-state index is 12.8. The van der Waals surface area contributed by atoms with Gasteiger partial charge in [0.1, 0.15) is 0 Å². The topological polar surface area (TPSA) is 26.3 Å². The zero-order valence-electron chi connectivity index (χ0n) is 7.56. The molecule has 0 bridgehead atoms. The Labute approximate surface area is 102 Å². The van der Waals surface area contributed by atoms with Gasteiger partial charge in [0, 0.05) is 12.7 Å². The fourth-order valence-electron chi connectivity index (χ4n) is 0.898. The number of hydrogen-bond donors (Lipinski definition) is 0. The smallest absolute Gasteiger partial charge is 0.241 e. The number of carbonyl (C=O) groups is 1. The van der Waals surface area contributed by atoms with E-state index in [0.717, 1.165) is 12.1 Å². The Kier molecular flexibility index (Phi) is 3.97. The van der Waals surface area contributed by atoms with Crippen LogP contribution in [0.2, 0.25) is 0 Å². The van der Waals surface area contributed by atoms with Crippen LogP contribution in [-0.2, 0) is 4.74 Å². The number of ether oxygens (including phenoxy) is 1. The van der Waals surface area contributed by atoms with Gasteiger partial charge in [0.25, 0.3) is 0 Å². The molecule has 1 rings (SSSR count). The number of rotatable bonds is 3. The molecule has 1 aromatic rings. The summed E-state index contributed by atoms with van der Waals surface area (Å²) in [4.78, 5) is 11.7. The molecule has 0 N–H and O–H groups in total. The van der Waals surface area contributed by atoms with Crippen LogP contribution in [0.15, 0.2) is 18.2 Å². The standard InChI is InChI=1S/C9H6Br2F2O2/c1-15-9(10,11)8(14)5-2-3-6(12)7(13)4-5/h2-4H,1H3. The molecule has 0 saturated carbocycles. The Hall–Kier alpha value is -0.330. The molecule has 0 heterocycles.